The zero-order chi connectivity index (χ0) is 20.9. The molecule has 1 N–H and O–H groups in total. The lowest BCUT2D eigenvalue weighted by Gasteiger charge is -2.53. The van der Waals surface area contributed by atoms with Crippen LogP contribution in [0.3, 0.4) is 0 Å². The van der Waals surface area contributed by atoms with E-state index in [0.717, 1.165) is 36.5 Å². The number of carbonyl (C=O) groups is 1. The molecule has 2 aliphatic heterocycles. The van der Waals surface area contributed by atoms with Gasteiger partial charge in [-0.1, -0.05) is 19.9 Å². The van der Waals surface area contributed by atoms with Crippen LogP contribution in [0.2, 0.25) is 0 Å². The maximum Gasteiger partial charge on any atom is 0.222 e. The first-order valence-corrected chi connectivity index (χ1v) is 11.2. The van der Waals surface area contributed by atoms with Gasteiger partial charge >= 0.3 is 0 Å². The van der Waals surface area contributed by atoms with Crippen molar-refractivity contribution in [3.8, 4) is 11.5 Å². The minimum absolute atomic E-state index is 0.0362. The highest BCUT2D eigenvalue weighted by Gasteiger charge is 2.68. The number of carbonyl (C=O) groups excluding carboxylic acids is 1. The average Bonchev–Trinajstić information content (AvgIpc) is 3.24. The molecule has 30 heavy (non-hydrogen) atoms. The summed E-state index contributed by atoms with van der Waals surface area (Å²) in [5.74, 6) is 2.72. The van der Waals surface area contributed by atoms with E-state index in [9.17, 15) is 4.79 Å². The smallest absolute Gasteiger partial charge is 0.222 e. The van der Waals surface area contributed by atoms with E-state index in [4.69, 9.17) is 18.9 Å². The molecule has 4 aliphatic rings. The summed E-state index contributed by atoms with van der Waals surface area (Å²) in [6, 6.07) is 6.40. The zero-order valence-corrected chi connectivity index (χ0v) is 18.2. The van der Waals surface area contributed by atoms with Gasteiger partial charge in [0.25, 0.3) is 0 Å². The van der Waals surface area contributed by atoms with Crippen molar-refractivity contribution in [1.82, 2.24) is 5.32 Å². The molecule has 1 saturated heterocycles. The number of hydrogen-bond donors (Lipinski definition) is 1. The van der Waals surface area contributed by atoms with E-state index in [-0.39, 0.29) is 28.9 Å². The van der Waals surface area contributed by atoms with Crippen LogP contribution in [0.25, 0.3) is 0 Å². The van der Waals surface area contributed by atoms with Gasteiger partial charge in [0.1, 0.15) is 13.2 Å². The van der Waals surface area contributed by atoms with Gasteiger partial charge in [0, 0.05) is 26.2 Å². The molecule has 1 aromatic carbocycles. The SMILES string of the molecule is COCCC(=O)N[C@H]1C(C)(C)[C@@H]2C[C@@H]3[C@@H](c4ccc5c(c4)OCCO5)OCCC31C2. The highest BCUT2D eigenvalue weighted by atomic mass is 16.6. The minimum Gasteiger partial charge on any atom is -0.486 e. The third kappa shape index (κ3) is 3.02. The predicted octanol–water partition coefficient (Wildman–Crippen LogP) is 3.49. The van der Waals surface area contributed by atoms with Crippen molar-refractivity contribution in [2.45, 2.75) is 51.7 Å². The van der Waals surface area contributed by atoms with Gasteiger partial charge in [0.05, 0.1) is 12.7 Å². The van der Waals surface area contributed by atoms with Crippen molar-refractivity contribution in [1.29, 1.82) is 0 Å². The Morgan fingerprint density at radius 3 is 2.80 bits per heavy atom. The van der Waals surface area contributed by atoms with Crippen LogP contribution in [0.1, 0.15) is 51.2 Å². The Morgan fingerprint density at radius 1 is 1.20 bits per heavy atom. The molecule has 2 aliphatic carbocycles. The topological polar surface area (TPSA) is 66.0 Å². The molecule has 3 fully saturated rings. The Bertz CT molecular complexity index is 824. The highest BCUT2D eigenvalue weighted by molar-refractivity contribution is 5.76. The van der Waals surface area contributed by atoms with Crippen LogP contribution in [-0.2, 0) is 14.3 Å². The van der Waals surface area contributed by atoms with E-state index in [1.54, 1.807) is 7.11 Å². The molecule has 5 atom stereocenters. The minimum atomic E-state index is 0.0362. The molecule has 1 unspecified atom stereocenters. The summed E-state index contributed by atoms with van der Waals surface area (Å²) in [4.78, 5) is 12.7. The third-order valence-electron chi connectivity index (χ3n) is 8.24. The van der Waals surface area contributed by atoms with Gasteiger partial charge in [-0.15, -0.1) is 0 Å². The molecule has 1 amide bonds. The normalized spacial score (nSPS) is 35.7. The largest absolute Gasteiger partial charge is 0.486 e. The number of benzene rings is 1. The summed E-state index contributed by atoms with van der Waals surface area (Å²) >= 11 is 0. The average molecular weight is 416 g/mol. The second-order valence-electron chi connectivity index (χ2n) is 9.99. The molecule has 5 rings (SSSR count). The van der Waals surface area contributed by atoms with Crippen LogP contribution >= 0.6 is 0 Å². The summed E-state index contributed by atoms with van der Waals surface area (Å²) in [7, 11) is 1.64. The van der Waals surface area contributed by atoms with Crippen molar-refractivity contribution in [2.24, 2.45) is 22.7 Å². The lowest BCUT2D eigenvalue weighted by atomic mass is 9.59. The van der Waals surface area contributed by atoms with Gasteiger partial charge in [-0.25, -0.2) is 0 Å². The van der Waals surface area contributed by atoms with Gasteiger partial charge < -0.3 is 24.3 Å². The second-order valence-corrected chi connectivity index (χ2v) is 9.99. The second kappa shape index (κ2) is 7.41. The van der Waals surface area contributed by atoms with Crippen LogP contribution in [0.5, 0.6) is 11.5 Å². The van der Waals surface area contributed by atoms with Gasteiger partial charge in [0.15, 0.2) is 11.5 Å². The van der Waals surface area contributed by atoms with E-state index in [0.29, 0.717) is 38.1 Å². The van der Waals surface area contributed by atoms with E-state index in [1.807, 2.05) is 6.07 Å². The lowest BCUT2D eigenvalue weighted by molar-refractivity contribution is -0.137. The number of amides is 1. The summed E-state index contributed by atoms with van der Waals surface area (Å²) < 4.78 is 23.0. The van der Waals surface area contributed by atoms with E-state index in [2.05, 4.69) is 31.3 Å². The van der Waals surface area contributed by atoms with Crippen molar-refractivity contribution < 1.29 is 23.7 Å². The molecule has 0 radical (unpaired) electrons. The fourth-order valence-electron chi connectivity index (χ4n) is 6.78. The molecule has 6 heteroatoms. The molecule has 0 aromatic heterocycles. The van der Waals surface area contributed by atoms with Crippen molar-refractivity contribution in [3.05, 3.63) is 23.8 Å². The Labute approximate surface area is 178 Å². The number of rotatable bonds is 5. The van der Waals surface area contributed by atoms with Gasteiger partial charge in [-0.3, -0.25) is 4.79 Å². The third-order valence-corrected chi connectivity index (χ3v) is 8.24. The summed E-state index contributed by atoms with van der Waals surface area (Å²) in [5, 5.41) is 3.43. The monoisotopic (exact) mass is 415 g/mol. The molecule has 164 valence electrons. The fourth-order valence-corrected chi connectivity index (χ4v) is 6.78. The lowest BCUT2D eigenvalue weighted by Crippen LogP contribution is -2.59. The fraction of sp³-hybridized carbons (Fsp3) is 0.708. The molecule has 2 saturated carbocycles. The van der Waals surface area contributed by atoms with Crippen LogP contribution < -0.4 is 14.8 Å². The predicted molar refractivity (Wildman–Crippen MR) is 112 cm³/mol. The Kier molecular flexibility index (Phi) is 4.98. The molecular formula is C24H33NO5. The zero-order valence-electron chi connectivity index (χ0n) is 18.2. The van der Waals surface area contributed by atoms with E-state index in [1.165, 1.54) is 6.42 Å². The van der Waals surface area contributed by atoms with Crippen LogP contribution in [0.4, 0.5) is 0 Å². The summed E-state index contributed by atoms with van der Waals surface area (Å²) in [5.41, 5.74) is 1.35. The Balaban J connectivity index is 1.43. The number of ether oxygens (including phenoxy) is 4. The quantitative estimate of drug-likeness (QED) is 0.797. The van der Waals surface area contributed by atoms with Gasteiger partial charge in [-0.2, -0.15) is 0 Å². The first-order chi connectivity index (χ1) is 14.5. The highest BCUT2D eigenvalue weighted by Crippen LogP contribution is 2.70. The van der Waals surface area contributed by atoms with Crippen LogP contribution in [-0.4, -0.2) is 45.5 Å². The molecule has 1 spiro atoms. The first-order valence-electron chi connectivity index (χ1n) is 11.2. The Morgan fingerprint density at radius 2 is 2.00 bits per heavy atom. The van der Waals surface area contributed by atoms with Crippen LogP contribution in [0, 0.1) is 22.7 Å². The number of fused-ring (bicyclic) bond motifs is 2. The van der Waals surface area contributed by atoms with Crippen molar-refractivity contribution in [2.75, 3.05) is 33.5 Å². The maximum absolute atomic E-state index is 12.7. The van der Waals surface area contributed by atoms with Gasteiger partial charge in [-0.05, 0) is 59.6 Å². The standard InChI is InChI=1S/C24H33NO5/c1-23(2)16-13-17-21(15-4-5-18-19(12-15)29-11-10-28-18)30-9-7-24(17,14-16)22(23)25-20(26)6-8-27-3/h4-5,12,16-17,21-22H,6-11,13-14H2,1-3H3,(H,25,26)/t16-,17-,21-,22+,24?/m1/s1. The van der Waals surface area contributed by atoms with Gasteiger partial charge in [0.2, 0.25) is 5.91 Å². The summed E-state index contributed by atoms with van der Waals surface area (Å²) in [6.07, 6.45) is 3.78. The number of nitrogens with one attached hydrogen (secondary N) is 1. The molecule has 2 bridgehead atoms. The molecule has 6 nitrogen and oxygen atoms in total. The van der Waals surface area contributed by atoms with E-state index < -0.39 is 0 Å². The first kappa shape index (κ1) is 20.1. The van der Waals surface area contributed by atoms with Crippen molar-refractivity contribution in [3.63, 3.8) is 0 Å². The molecular weight excluding hydrogens is 382 g/mol. The molecule has 2 heterocycles. The summed E-state index contributed by atoms with van der Waals surface area (Å²) in [6.45, 7) is 7.03. The van der Waals surface area contributed by atoms with Crippen LogP contribution in [0.15, 0.2) is 18.2 Å². The van der Waals surface area contributed by atoms with E-state index >= 15 is 0 Å². The molecule has 1 aromatic rings. The maximum atomic E-state index is 12.7. The number of methoxy groups -OCH3 is 1. The van der Waals surface area contributed by atoms with Crippen molar-refractivity contribution >= 4 is 5.91 Å². The Hall–Kier alpha value is -1.79. The number of hydrogen-bond acceptors (Lipinski definition) is 5.